The van der Waals surface area contributed by atoms with E-state index in [-0.39, 0.29) is 0 Å². The fourth-order valence-corrected chi connectivity index (χ4v) is 2.44. The van der Waals surface area contributed by atoms with Gasteiger partial charge in [0.2, 0.25) is 5.95 Å². The summed E-state index contributed by atoms with van der Waals surface area (Å²) < 4.78 is 0. The maximum Gasteiger partial charge on any atom is 0.225 e. The lowest BCUT2D eigenvalue weighted by Gasteiger charge is -2.10. The van der Waals surface area contributed by atoms with Crippen LogP contribution in [0.5, 0.6) is 0 Å². The van der Waals surface area contributed by atoms with Gasteiger partial charge in [-0.05, 0) is 29.7 Å². The predicted octanol–water partition coefficient (Wildman–Crippen LogP) is 3.85. The van der Waals surface area contributed by atoms with Crippen LogP contribution in [0.3, 0.4) is 0 Å². The van der Waals surface area contributed by atoms with Crippen LogP contribution in [0.4, 0.5) is 11.8 Å². The fourth-order valence-electron chi connectivity index (χ4n) is 2.44. The molecule has 1 aromatic heterocycles. The maximum absolute atomic E-state index is 4.61. The molecule has 0 bridgehead atoms. The van der Waals surface area contributed by atoms with Gasteiger partial charge < -0.3 is 10.6 Å². The topological polar surface area (TPSA) is 49.8 Å². The van der Waals surface area contributed by atoms with Crippen LogP contribution in [0.15, 0.2) is 48.5 Å². The highest BCUT2D eigenvalue weighted by Gasteiger charge is 2.07. The molecule has 0 aliphatic carbocycles. The Bertz CT molecular complexity index is 769. The van der Waals surface area contributed by atoms with Crippen molar-refractivity contribution in [1.29, 1.82) is 0 Å². The molecule has 22 heavy (non-hydrogen) atoms. The molecular formula is C18H20N4. The number of rotatable bonds is 5. The minimum atomic E-state index is 0.643. The van der Waals surface area contributed by atoms with Gasteiger partial charge in [-0.3, -0.25) is 0 Å². The first-order valence-corrected chi connectivity index (χ1v) is 7.56. The van der Waals surface area contributed by atoms with E-state index in [2.05, 4.69) is 57.9 Å². The van der Waals surface area contributed by atoms with Crippen LogP contribution >= 0.6 is 0 Å². The summed E-state index contributed by atoms with van der Waals surface area (Å²) in [5.41, 5.74) is 3.45. The van der Waals surface area contributed by atoms with E-state index >= 15 is 0 Å². The van der Waals surface area contributed by atoms with Crippen LogP contribution in [0.25, 0.3) is 10.9 Å². The van der Waals surface area contributed by atoms with Gasteiger partial charge >= 0.3 is 0 Å². The highest BCUT2D eigenvalue weighted by Crippen LogP contribution is 2.23. The summed E-state index contributed by atoms with van der Waals surface area (Å²) in [6, 6.07) is 16.6. The number of nitrogens with one attached hydrogen (secondary N) is 2. The minimum absolute atomic E-state index is 0.643. The first kappa shape index (κ1) is 14.3. The highest BCUT2D eigenvalue weighted by atomic mass is 15.1. The monoisotopic (exact) mass is 292 g/mol. The molecule has 0 unspecified atom stereocenters. The van der Waals surface area contributed by atoms with Gasteiger partial charge in [-0.2, -0.15) is 4.98 Å². The summed E-state index contributed by atoms with van der Waals surface area (Å²) in [5.74, 6) is 1.50. The molecule has 2 N–H and O–H groups in total. The van der Waals surface area contributed by atoms with Crippen molar-refractivity contribution >= 4 is 22.7 Å². The third kappa shape index (κ3) is 3.01. The largest absolute Gasteiger partial charge is 0.372 e. The smallest absolute Gasteiger partial charge is 0.225 e. The van der Waals surface area contributed by atoms with E-state index in [1.165, 1.54) is 11.1 Å². The van der Waals surface area contributed by atoms with Crippen molar-refractivity contribution in [2.24, 2.45) is 0 Å². The van der Waals surface area contributed by atoms with Crippen molar-refractivity contribution in [2.45, 2.75) is 19.9 Å². The first-order valence-electron chi connectivity index (χ1n) is 7.56. The van der Waals surface area contributed by atoms with Crippen molar-refractivity contribution in [2.75, 3.05) is 17.7 Å². The maximum atomic E-state index is 4.61. The third-order valence-corrected chi connectivity index (χ3v) is 3.70. The number of aromatic nitrogens is 2. The van der Waals surface area contributed by atoms with Crippen LogP contribution in [0, 0.1) is 0 Å². The number of benzene rings is 2. The second-order valence-corrected chi connectivity index (χ2v) is 5.19. The SMILES string of the molecule is CCc1ccc2nc(NCc3ccccc3)nc(NC)c2c1. The second-order valence-electron chi connectivity index (χ2n) is 5.19. The van der Waals surface area contributed by atoms with E-state index in [0.717, 1.165) is 23.1 Å². The zero-order valence-corrected chi connectivity index (χ0v) is 12.9. The normalized spacial score (nSPS) is 10.6. The molecule has 0 fully saturated rings. The van der Waals surface area contributed by atoms with Gasteiger partial charge in [0.25, 0.3) is 0 Å². The Morgan fingerprint density at radius 2 is 1.77 bits per heavy atom. The molecule has 0 aliphatic heterocycles. The summed E-state index contributed by atoms with van der Waals surface area (Å²) in [5, 5.41) is 7.53. The zero-order chi connectivity index (χ0) is 15.4. The van der Waals surface area contributed by atoms with Gasteiger partial charge in [-0.25, -0.2) is 4.98 Å². The molecule has 4 heteroatoms. The van der Waals surface area contributed by atoms with Gasteiger partial charge in [0, 0.05) is 19.0 Å². The molecule has 112 valence electrons. The molecule has 0 saturated carbocycles. The zero-order valence-electron chi connectivity index (χ0n) is 12.9. The average molecular weight is 292 g/mol. The van der Waals surface area contributed by atoms with E-state index in [1.807, 2.05) is 25.2 Å². The number of aryl methyl sites for hydroxylation is 1. The number of hydrogen-bond acceptors (Lipinski definition) is 4. The third-order valence-electron chi connectivity index (χ3n) is 3.70. The lowest BCUT2D eigenvalue weighted by atomic mass is 10.1. The molecule has 0 amide bonds. The Morgan fingerprint density at radius 1 is 0.955 bits per heavy atom. The Morgan fingerprint density at radius 3 is 2.50 bits per heavy atom. The van der Waals surface area contributed by atoms with E-state index in [9.17, 15) is 0 Å². The summed E-state index contributed by atoms with van der Waals surface area (Å²) in [7, 11) is 1.89. The van der Waals surface area contributed by atoms with Crippen LogP contribution in [0.1, 0.15) is 18.1 Å². The summed E-state index contributed by atoms with van der Waals surface area (Å²) in [6.45, 7) is 2.86. The quantitative estimate of drug-likeness (QED) is 0.750. The lowest BCUT2D eigenvalue weighted by Crippen LogP contribution is -2.06. The van der Waals surface area contributed by atoms with Crippen LogP contribution in [0.2, 0.25) is 0 Å². The van der Waals surface area contributed by atoms with Gasteiger partial charge in [0.15, 0.2) is 0 Å². The minimum Gasteiger partial charge on any atom is -0.372 e. The standard InChI is InChI=1S/C18H20N4/c1-3-13-9-10-16-15(11-13)17(19-2)22-18(21-16)20-12-14-7-5-4-6-8-14/h4-11H,3,12H2,1-2H3,(H2,19,20,21,22). The van der Waals surface area contributed by atoms with Gasteiger partial charge in [0.05, 0.1) is 5.52 Å². The first-order chi connectivity index (χ1) is 10.8. The molecule has 0 atom stereocenters. The van der Waals surface area contributed by atoms with Crippen LogP contribution in [-0.2, 0) is 13.0 Å². The second kappa shape index (κ2) is 6.43. The molecule has 4 nitrogen and oxygen atoms in total. The van der Waals surface area contributed by atoms with E-state index < -0.39 is 0 Å². The predicted molar refractivity (Wildman–Crippen MR) is 92.2 cm³/mol. The highest BCUT2D eigenvalue weighted by molar-refractivity contribution is 5.90. The molecular weight excluding hydrogens is 272 g/mol. The van der Waals surface area contributed by atoms with Crippen molar-refractivity contribution in [3.8, 4) is 0 Å². The molecule has 1 heterocycles. The summed E-state index contributed by atoms with van der Waals surface area (Å²) in [6.07, 6.45) is 1.01. The van der Waals surface area contributed by atoms with Gasteiger partial charge in [0.1, 0.15) is 5.82 Å². The van der Waals surface area contributed by atoms with Gasteiger partial charge in [-0.15, -0.1) is 0 Å². The summed E-state index contributed by atoms with van der Waals surface area (Å²) in [4.78, 5) is 9.19. The molecule has 3 aromatic rings. The van der Waals surface area contributed by atoms with Crippen molar-refractivity contribution in [3.63, 3.8) is 0 Å². The van der Waals surface area contributed by atoms with Crippen molar-refractivity contribution < 1.29 is 0 Å². The number of fused-ring (bicyclic) bond motifs is 1. The van der Waals surface area contributed by atoms with Crippen LogP contribution < -0.4 is 10.6 Å². The van der Waals surface area contributed by atoms with Crippen LogP contribution in [-0.4, -0.2) is 17.0 Å². The Labute approximate surface area is 130 Å². The summed E-state index contributed by atoms with van der Waals surface area (Å²) >= 11 is 0. The fraction of sp³-hybridized carbons (Fsp3) is 0.222. The molecule has 2 aromatic carbocycles. The van der Waals surface area contributed by atoms with Gasteiger partial charge in [-0.1, -0.05) is 43.3 Å². The Hall–Kier alpha value is -2.62. The Kier molecular flexibility index (Phi) is 4.19. The Balaban J connectivity index is 1.90. The molecule has 3 rings (SSSR count). The molecule has 0 aliphatic rings. The average Bonchev–Trinajstić information content (AvgIpc) is 2.59. The van der Waals surface area contributed by atoms with E-state index in [1.54, 1.807) is 0 Å². The molecule has 0 spiro atoms. The van der Waals surface area contributed by atoms with E-state index in [4.69, 9.17) is 0 Å². The molecule has 0 saturated heterocycles. The van der Waals surface area contributed by atoms with E-state index in [0.29, 0.717) is 12.5 Å². The van der Waals surface area contributed by atoms with Crippen molar-refractivity contribution in [1.82, 2.24) is 9.97 Å². The lowest BCUT2D eigenvalue weighted by molar-refractivity contribution is 1.07. The van der Waals surface area contributed by atoms with Crippen molar-refractivity contribution in [3.05, 3.63) is 59.7 Å². The number of hydrogen-bond donors (Lipinski definition) is 2. The molecule has 0 radical (unpaired) electrons. The number of anilines is 2. The number of nitrogens with zero attached hydrogens (tertiary/aromatic N) is 2.